The molecule has 106 valence electrons. The normalized spacial score (nSPS) is 11.1. The van der Waals surface area contributed by atoms with E-state index >= 15 is 0 Å². The Hall–Kier alpha value is -1.71. The van der Waals surface area contributed by atoms with E-state index in [2.05, 4.69) is 10.3 Å². The van der Waals surface area contributed by atoms with E-state index in [-0.39, 0.29) is 6.10 Å². The van der Waals surface area contributed by atoms with Gasteiger partial charge in [0.15, 0.2) is 11.4 Å². The van der Waals surface area contributed by atoms with Gasteiger partial charge in [-0.15, -0.1) is 0 Å². The molecule has 0 bridgehead atoms. The fourth-order valence-electron chi connectivity index (χ4n) is 1.29. The topological polar surface area (TPSA) is 74.5 Å². The molecule has 0 saturated carbocycles. The molecular weight excluding hydrogens is 298 g/mol. The Labute approximate surface area is 127 Å². The Morgan fingerprint density at radius 3 is 2.80 bits per heavy atom. The largest absolute Gasteiger partial charge is 0.459 e. The Bertz CT molecular complexity index is 567. The van der Waals surface area contributed by atoms with Crippen molar-refractivity contribution in [3.63, 3.8) is 0 Å². The molecule has 1 rings (SSSR count). The Balaban J connectivity index is 3.09. The first-order valence-corrected chi connectivity index (χ1v) is 7.36. The Morgan fingerprint density at radius 2 is 2.25 bits per heavy atom. The van der Waals surface area contributed by atoms with Crippen LogP contribution < -0.4 is 5.32 Å². The summed E-state index contributed by atoms with van der Waals surface area (Å²) < 4.78 is 5.11. The molecule has 0 radical (unpaired) electrons. The molecule has 0 fully saturated rings. The van der Waals surface area contributed by atoms with Crippen LogP contribution >= 0.6 is 23.4 Å². The number of esters is 1. The van der Waals surface area contributed by atoms with E-state index in [1.807, 2.05) is 0 Å². The van der Waals surface area contributed by atoms with E-state index in [9.17, 15) is 4.79 Å². The van der Waals surface area contributed by atoms with Gasteiger partial charge in [-0.1, -0.05) is 23.4 Å². The highest BCUT2D eigenvalue weighted by Gasteiger charge is 2.12. The van der Waals surface area contributed by atoms with Crippen molar-refractivity contribution in [1.82, 2.24) is 5.32 Å². The molecule has 0 amide bonds. The quantitative estimate of drug-likeness (QED) is 0.305. The van der Waals surface area contributed by atoms with Crippen molar-refractivity contribution in [2.75, 3.05) is 6.26 Å². The number of aliphatic imine (C=N–C) groups is 1. The highest BCUT2D eigenvalue weighted by molar-refractivity contribution is 8.13. The number of halogens is 1. The number of thioether (sulfide) groups is 1. The zero-order valence-corrected chi connectivity index (χ0v) is 12.9. The van der Waals surface area contributed by atoms with E-state index in [0.717, 1.165) is 0 Å². The lowest BCUT2D eigenvalue weighted by Crippen LogP contribution is -2.13. The number of nitriles is 1. The molecule has 0 saturated heterocycles. The van der Waals surface area contributed by atoms with E-state index in [0.29, 0.717) is 21.4 Å². The first kappa shape index (κ1) is 16.3. The fourth-order valence-corrected chi connectivity index (χ4v) is 1.79. The molecule has 0 aliphatic heterocycles. The summed E-state index contributed by atoms with van der Waals surface area (Å²) in [6, 6.07) is 4.67. The summed E-state index contributed by atoms with van der Waals surface area (Å²) in [5.41, 5.74) is 0.760. The maximum atomic E-state index is 11.8. The van der Waals surface area contributed by atoms with Gasteiger partial charge < -0.3 is 4.74 Å². The van der Waals surface area contributed by atoms with E-state index < -0.39 is 5.97 Å². The summed E-state index contributed by atoms with van der Waals surface area (Å²) in [6.07, 6.45) is 3.36. The van der Waals surface area contributed by atoms with Gasteiger partial charge >= 0.3 is 5.97 Å². The first-order chi connectivity index (χ1) is 9.47. The number of hydrogen-bond acceptors (Lipinski definition) is 5. The van der Waals surface area contributed by atoms with E-state index in [1.54, 1.807) is 38.4 Å². The summed E-state index contributed by atoms with van der Waals surface area (Å²) in [5, 5.41) is 11.8. The van der Waals surface area contributed by atoms with Gasteiger partial charge in [0.25, 0.3) is 0 Å². The van der Waals surface area contributed by atoms with Gasteiger partial charge in [0.2, 0.25) is 0 Å². The van der Waals surface area contributed by atoms with Crippen molar-refractivity contribution in [3.05, 3.63) is 28.8 Å². The molecule has 0 unspecified atom stereocenters. The number of nitrogens with zero attached hydrogens (tertiary/aromatic N) is 2. The Kier molecular flexibility index (Phi) is 6.36. The average Bonchev–Trinajstić information content (AvgIpc) is 2.39. The van der Waals surface area contributed by atoms with Gasteiger partial charge in [0.1, 0.15) is 0 Å². The number of carbonyl (C=O) groups excluding carboxylic acids is 1. The second-order valence-corrected chi connectivity index (χ2v) is 5.18. The zero-order valence-electron chi connectivity index (χ0n) is 11.3. The molecule has 0 atom stereocenters. The highest BCUT2D eigenvalue weighted by atomic mass is 35.5. The van der Waals surface area contributed by atoms with E-state index in [4.69, 9.17) is 21.6 Å². The molecule has 1 aromatic rings. The van der Waals surface area contributed by atoms with Gasteiger partial charge in [-0.3, -0.25) is 5.32 Å². The average molecular weight is 312 g/mol. The van der Waals surface area contributed by atoms with Gasteiger partial charge in [-0.05, 0) is 38.3 Å². The molecule has 20 heavy (non-hydrogen) atoms. The van der Waals surface area contributed by atoms with Crippen LogP contribution in [0.1, 0.15) is 24.2 Å². The maximum Gasteiger partial charge on any atom is 0.338 e. The SMILES string of the molecule is CSC(=Nc1cc(C(=O)OC(C)C)ccc1Cl)NC#N. The molecule has 1 N–H and O–H groups in total. The third-order valence-electron chi connectivity index (χ3n) is 2.10. The number of rotatable bonds is 3. The van der Waals surface area contributed by atoms with Crippen molar-refractivity contribution in [2.45, 2.75) is 20.0 Å². The molecular formula is C13H14ClN3O2S. The lowest BCUT2D eigenvalue weighted by Gasteiger charge is -2.09. The van der Waals surface area contributed by atoms with Crippen molar-refractivity contribution in [3.8, 4) is 6.19 Å². The number of hydrogen-bond donors (Lipinski definition) is 1. The summed E-state index contributed by atoms with van der Waals surface area (Å²) in [4.78, 5) is 16.0. The van der Waals surface area contributed by atoms with Crippen molar-refractivity contribution in [2.24, 2.45) is 4.99 Å². The maximum absolute atomic E-state index is 11.8. The lowest BCUT2D eigenvalue weighted by atomic mass is 10.2. The predicted molar refractivity (Wildman–Crippen MR) is 81.4 cm³/mol. The summed E-state index contributed by atoms with van der Waals surface area (Å²) >= 11 is 7.29. The summed E-state index contributed by atoms with van der Waals surface area (Å²) in [5.74, 6) is -0.438. The summed E-state index contributed by atoms with van der Waals surface area (Å²) in [7, 11) is 0. The minimum Gasteiger partial charge on any atom is -0.459 e. The molecule has 5 nitrogen and oxygen atoms in total. The molecule has 0 spiro atoms. The molecule has 1 aromatic carbocycles. The third-order valence-corrected chi connectivity index (χ3v) is 3.00. The zero-order chi connectivity index (χ0) is 15.1. The van der Waals surface area contributed by atoms with Crippen LogP contribution in [-0.2, 0) is 4.74 Å². The van der Waals surface area contributed by atoms with Crippen molar-refractivity contribution >= 4 is 40.2 Å². The molecule has 0 heterocycles. The van der Waals surface area contributed by atoms with E-state index in [1.165, 1.54) is 17.8 Å². The molecule has 0 aliphatic rings. The molecule has 7 heteroatoms. The molecule has 0 aromatic heterocycles. The second kappa shape index (κ2) is 7.78. The van der Waals surface area contributed by atoms with Crippen LogP contribution in [0.25, 0.3) is 0 Å². The van der Waals surface area contributed by atoms with Crippen LogP contribution in [0.3, 0.4) is 0 Å². The number of benzene rings is 1. The summed E-state index contributed by atoms with van der Waals surface area (Å²) in [6.45, 7) is 3.55. The third kappa shape index (κ3) is 4.76. The van der Waals surface area contributed by atoms with Crippen molar-refractivity contribution < 1.29 is 9.53 Å². The minimum absolute atomic E-state index is 0.202. The van der Waals surface area contributed by atoms with Crippen LogP contribution in [0.5, 0.6) is 0 Å². The number of amidine groups is 1. The Morgan fingerprint density at radius 1 is 1.55 bits per heavy atom. The number of carbonyl (C=O) groups is 1. The monoisotopic (exact) mass is 311 g/mol. The van der Waals surface area contributed by atoms with Crippen molar-refractivity contribution in [1.29, 1.82) is 5.26 Å². The smallest absolute Gasteiger partial charge is 0.338 e. The van der Waals surface area contributed by atoms with Crippen LogP contribution in [0.2, 0.25) is 5.02 Å². The number of nitrogens with one attached hydrogen (secondary N) is 1. The van der Waals surface area contributed by atoms with Gasteiger partial charge in [-0.25, -0.2) is 9.79 Å². The lowest BCUT2D eigenvalue weighted by molar-refractivity contribution is 0.0378. The predicted octanol–water partition coefficient (Wildman–Crippen LogP) is 3.33. The number of ether oxygens (including phenoxy) is 1. The van der Waals surface area contributed by atoms with Crippen LogP contribution in [0.4, 0.5) is 5.69 Å². The van der Waals surface area contributed by atoms with Gasteiger partial charge in [0, 0.05) is 0 Å². The van der Waals surface area contributed by atoms with Gasteiger partial charge in [-0.2, -0.15) is 5.26 Å². The first-order valence-electron chi connectivity index (χ1n) is 5.76. The van der Waals surface area contributed by atoms with Gasteiger partial charge in [0.05, 0.1) is 22.4 Å². The second-order valence-electron chi connectivity index (χ2n) is 3.98. The van der Waals surface area contributed by atoms with Crippen LogP contribution in [-0.4, -0.2) is 23.5 Å². The van der Waals surface area contributed by atoms with Crippen LogP contribution in [0.15, 0.2) is 23.2 Å². The highest BCUT2D eigenvalue weighted by Crippen LogP contribution is 2.27. The fraction of sp³-hybridized carbons (Fsp3) is 0.308. The van der Waals surface area contributed by atoms with Crippen LogP contribution in [0, 0.1) is 11.5 Å². The standard InChI is InChI=1S/C13H14ClN3O2S/c1-8(2)19-12(18)9-4-5-10(14)11(6-9)17-13(20-3)16-7-15/h4-6,8H,1-3H3,(H,16,17). The molecule has 0 aliphatic carbocycles. The minimum atomic E-state index is -0.438.